The molecule has 1 aliphatic heterocycles. The van der Waals surface area contributed by atoms with Gasteiger partial charge in [0, 0.05) is 41.7 Å². The van der Waals surface area contributed by atoms with Crippen molar-refractivity contribution in [3.8, 4) is 0 Å². The van der Waals surface area contributed by atoms with Gasteiger partial charge in [-0.05, 0) is 56.4 Å². The summed E-state index contributed by atoms with van der Waals surface area (Å²) in [6, 6.07) is 13.9. The zero-order chi connectivity index (χ0) is 21.3. The minimum atomic E-state index is -0.445. The Morgan fingerprint density at radius 3 is 2.43 bits per heavy atom. The van der Waals surface area contributed by atoms with E-state index in [0.29, 0.717) is 17.6 Å². The van der Waals surface area contributed by atoms with E-state index in [2.05, 4.69) is 22.4 Å². The molecule has 1 N–H and O–H groups in total. The van der Waals surface area contributed by atoms with Gasteiger partial charge in [0.25, 0.3) is 0 Å². The molecule has 0 spiro atoms. The number of hydrogen-bond donors (Lipinski definition) is 1. The molecule has 1 aromatic heterocycles. The first kappa shape index (κ1) is 20.1. The molecule has 0 fully saturated rings. The normalized spacial score (nSPS) is 21.4. The number of nitrogens with one attached hydrogen (secondary N) is 1. The van der Waals surface area contributed by atoms with Crippen LogP contribution in [-0.4, -0.2) is 22.8 Å². The third kappa shape index (κ3) is 3.80. The van der Waals surface area contributed by atoms with E-state index in [1.807, 2.05) is 51.1 Å². The highest BCUT2D eigenvalue weighted by molar-refractivity contribution is 6.04. The number of carbonyl (C=O) groups excluding carboxylic acids is 2. The van der Waals surface area contributed by atoms with E-state index in [0.717, 1.165) is 28.9 Å². The zero-order valence-corrected chi connectivity index (χ0v) is 17.5. The minimum Gasteiger partial charge on any atom is -0.460 e. The van der Waals surface area contributed by atoms with Crippen LogP contribution in [0.4, 0.5) is 0 Å². The Bertz CT molecular complexity index is 1020. The first-order chi connectivity index (χ1) is 14.5. The van der Waals surface area contributed by atoms with Gasteiger partial charge in [0.05, 0.1) is 11.7 Å². The van der Waals surface area contributed by atoms with Crippen molar-refractivity contribution in [1.82, 2.24) is 10.3 Å². The molecular formula is C25H26N2O3. The van der Waals surface area contributed by atoms with Gasteiger partial charge in [-0.25, -0.2) is 4.79 Å². The van der Waals surface area contributed by atoms with Crippen LogP contribution in [0.25, 0.3) is 0 Å². The number of esters is 1. The van der Waals surface area contributed by atoms with Crippen LogP contribution in [-0.2, 0) is 14.3 Å². The molecule has 0 bridgehead atoms. The molecular weight excluding hydrogens is 376 g/mol. The van der Waals surface area contributed by atoms with Crippen LogP contribution >= 0.6 is 0 Å². The highest BCUT2D eigenvalue weighted by atomic mass is 16.5. The maximum atomic E-state index is 13.4. The third-order valence-corrected chi connectivity index (χ3v) is 5.70. The van der Waals surface area contributed by atoms with Crippen molar-refractivity contribution in [2.24, 2.45) is 0 Å². The topological polar surface area (TPSA) is 68.3 Å². The van der Waals surface area contributed by atoms with E-state index in [1.54, 1.807) is 12.4 Å². The van der Waals surface area contributed by atoms with Gasteiger partial charge in [-0.1, -0.05) is 30.3 Å². The molecule has 4 rings (SSSR count). The van der Waals surface area contributed by atoms with Crippen molar-refractivity contribution in [1.29, 1.82) is 0 Å². The van der Waals surface area contributed by atoms with Gasteiger partial charge in [0.1, 0.15) is 0 Å². The quantitative estimate of drug-likeness (QED) is 0.768. The second kappa shape index (κ2) is 8.27. The molecule has 5 heteroatoms. The number of pyridine rings is 1. The smallest absolute Gasteiger partial charge is 0.337 e. The van der Waals surface area contributed by atoms with Crippen molar-refractivity contribution in [3.05, 3.63) is 88.5 Å². The molecule has 30 heavy (non-hydrogen) atoms. The lowest BCUT2D eigenvalue weighted by atomic mass is 9.72. The summed E-state index contributed by atoms with van der Waals surface area (Å²) in [5.41, 5.74) is 4.85. The van der Waals surface area contributed by atoms with Crippen LogP contribution < -0.4 is 5.32 Å². The average Bonchev–Trinajstić information content (AvgIpc) is 2.73. The van der Waals surface area contributed by atoms with E-state index in [1.165, 1.54) is 0 Å². The number of carbonyl (C=O) groups is 2. The van der Waals surface area contributed by atoms with Gasteiger partial charge in [-0.3, -0.25) is 9.78 Å². The Morgan fingerprint density at radius 2 is 1.77 bits per heavy atom. The Labute approximate surface area is 176 Å². The molecule has 1 aromatic carbocycles. The molecule has 0 radical (unpaired) electrons. The number of benzene rings is 1. The molecule has 2 atom stereocenters. The Balaban J connectivity index is 1.78. The summed E-state index contributed by atoms with van der Waals surface area (Å²) in [6.45, 7) is 5.53. The van der Waals surface area contributed by atoms with Crippen LogP contribution in [0.1, 0.15) is 56.6 Å². The summed E-state index contributed by atoms with van der Waals surface area (Å²) in [4.78, 5) is 30.5. The van der Waals surface area contributed by atoms with Crippen LogP contribution in [0.15, 0.2) is 77.4 Å². The fraction of sp³-hybridized carbons (Fsp3) is 0.320. The molecule has 2 heterocycles. The number of dihydropyridines is 1. The molecule has 0 amide bonds. The Hall–Kier alpha value is -3.21. The number of rotatable bonds is 4. The largest absolute Gasteiger partial charge is 0.460 e. The van der Waals surface area contributed by atoms with Crippen molar-refractivity contribution < 1.29 is 14.3 Å². The second-order valence-electron chi connectivity index (χ2n) is 8.16. The number of allylic oxidation sites excluding steroid dienone is 3. The number of nitrogens with zero attached hydrogens (tertiary/aromatic N) is 1. The second-order valence-corrected chi connectivity index (χ2v) is 8.16. The van der Waals surface area contributed by atoms with Crippen molar-refractivity contribution in [3.63, 3.8) is 0 Å². The first-order valence-corrected chi connectivity index (χ1v) is 10.4. The van der Waals surface area contributed by atoms with E-state index in [-0.39, 0.29) is 23.8 Å². The number of ether oxygens (including phenoxy) is 1. The van der Waals surface area contributed by atoms with Gasteiger partial charge in [0.15, 0.2) is 5.78 Å². The molecule has 0 saturated heterocycles. The van der Waals surface area contributed by atoms with E-state index in [4.69, 9.17) is 4.74 Å². The molecule has 2 unspecified atom stereocenters. The summed E-state index contributed by atoms with van der Waals surface area (Å²) >= 11 is 0. The van der Waals surface area contributed by atoms with Crippen LogP contribution in [0, 0.1) is 0 Å². The van der Waals surface area contributed by atoms with Gasteiger partial charge in [-0.2, -0.15) is 0 Å². The van der Waals surface area contributed by atoms with Crippen LogP contribution in [0.2, 0.25) is 0 Å². The summed E-state index contributed by atoms with van der Waals surface area (Å²) in [5, 5.41) is 3.37. The Morgan fingerprint density at radius 1 is 1.07 bits per heavy atom. The minimum absolute atomic E-state index is 0.0711. The van der Waals surface area contributed by atoms with Crippen LogP contribution in [0.5, 0.6) is 0 Å². The van der Waals surface area contributed by atoms with E-state index < -0.39 is 5.92 Å². The van der Waals surface area contributed by atoms with Gasteiger partial charge in [0.2, 0.25) is 0 Å². The predicted octanol–water partition coefficient (Wildman–Crippen LogP) is 4.39. The fourth-order valence-corrected chi connectivity index (χ4v) is 4.44. The SMILES string of the molecule is CC1=C(C(=O)OC(C)C)C(c2ccncc2)C2=C(CC(c3ccccc3)CC2=O)N1. The number of Topliss-reactive ketones (excluding diaryl/α,β-unsaturated/α-hetero) is 1. The highest BCUT2D eigenvalue weighted by Crippen LogP contribution is 2.45. The molecule has 2 aliphatic rings. The molecule has 0 saturated carbocycles. The maximum absolute atomic E-state index is 13.4. The zero-order valence-electron chi connectivity index (χ0n) is 17.5. The van der Waals surface area contributed by atoms with E-state index in [9.17, 15) is 9.59 Å². The summed E-state index contributed by atoms with van der Waals surface area (Å²) in [5.74, 6) is -0.636. The maximum Gasteiger partial charge on any atom is 0.337 e. The lowest BCUT2D eigenvalue weighted by Gasteiger charge is -2.36. The monoisotopic (exact) mass is 402 g/mol. The Kier molecular flexibility index (Phi) is 5.53. The van der Waals surface area contributed by atoms with Crippen molar-refractivity contribution >= 4 is 11.8 Å². The molecule has 2 aromatic rings. The molecule has 154 valence electrons. The third-order valence-electron chi connectivity index (χ3n) is 5.70. The molecule has 5 nitrogen and oxygen atoms in total. The van der Waals surface area contributed by atoms with Crippen LogP contribution in [0.3, 0.4) is 0 Å². The van der Waals surface area contributed by atoms with Gasteiger partial charge < -0.3 is 10.1 Å². The lowest BCUT2D eigenvalue weighted by Crippen LogP contribution is -2.36. The first-order valence-electron chi connectivity index (χ1n) is 10.4. The van der Waals surface area contributed by atoms with Crippen molar-refractivity contribution in [2.45, 2.75) is 51.6 Å². The standard InChI is InChI=1S/C25H26N2O3/c1-15(2)30-25(29)22-16(3)27-20-13-19(17-7-5-4-6-8-17)14-21(28)24(20)23(22)18-9-11-26-12-10-18/h4-12,15,19,23,27H,13-14H2,1-3H3. The fourth-order valence-electron chi connectivity index (χ4n) is 4.44. The van der Waals surface area contributed by atoms with E-state index >= 15 is 0 Å². The summed E-state index contributed by atoms with van der Waals surface area (Å²) in [6.07, 6.45) is 4.31. The van der Waals surface area contributed by atoms with Crippen molar-refractivity contribution in [2.75, 3.05) is 0 Å². The number of aromatic nitrogens is 1. The summed E-state index contributed by atoms with van der Waals surface area (Å²) in [7, 11) is 0. The number of hydrogen-bond acceptors (Lipinski definition) is 5. The van der Waals surface area contributed by atoms with Gasteiger partial charge in [-0.15, -0.1) is 0 Å². The van der Waals surface area contributed by atoms with Gasteiger partial charge >= 0.3 is 5.97 Å². The number of ketones is 1. The predicted molar refractivity (Wildman–Crippen MR) is 114 cm³/mol. The molecule has 1 aliphatic carbocycles. The summed E-state index contributed by atoms with van der Waals surface area (Å²) < 4.78 is 5.53. The lowest BCUT2D eigenvalue weighted by molar-refractivity contribution is -0.143. The highest BCUT2D eigenvalue weighted by Gasteiger charge is 2.41. The average molecular weight is 402 g/mol.